The molecule has 3 saturated heterocycles. The number of hydrogen-bond donors (Lipinski definition) is 1. The highest BCUT2D eigenvalue weighted by atomic mass is 35.5. The van der Waals surface area contributed by atoms with Crippen molar-refractivity contribution >= 4 is 52.5 Å². The van der Waals surface area contributed by atoms with Gasteiger partial charge in [-0.15, -0.1) is 24.9 Å². The zero-order valence-corrected chi connectivity index (χ0v) is 30.2. The highest BCUT2D eigenvalue weighted by molar-refractivity contribution is 8.02. The number of fused-ring (bicyclic) bond motifs is 1. The van der Waals surface area contributed by atoms with Gasteiger partial charge in [-0.25, -0.2) is 0 Å². The molecule has 258 valence electrons. The Labute approximate surface area is 294 Å². The maximum Gasteiger partial charge on any atom is 0.251 e. The van der Waals surface area contributed by atoms with Crippen LogP contribution in [0.25, 0.3) is 0 Å². The van der Waals surface area contributed by atoms with Gasteiger partial charge in [0.15, 0.2) is 0 Å². The first-order valence-corrected chi connectivity index (χ1v) is 18.2. The number of benzene rings is 2. The van der Waals surface area contributed by atoms with Gasteiger partial charge in [0.2, 0.25) is 11.8 Å². The van der Waals surface area contributed by atoms with Crippen LogP contribution in [0.2, 0.25) is 5.02 Å². The van der Waals surface area contributed by atoms with E-state index in [1.54, 1.807) is 44.7 Å². The molecule has 8 nitrogen and oxygen atoms in total. The molecule has 2 aromatic rings. The molecule has 3 unspecified atom stereocenters. The molecule has 1 N–H and O–H groups in total. The number of aliphatic hydroxyl groups is 1. The van der Waals surface area contributed by atoms with E-state index in [-0.39, 0.29) is 54.5 Å². The SMILES string of the molecule is C=CCN(C(=O)[C@@H]1[C@H]2C(=O)N([C@@H](CO)CC(C)C)C(C(=O)N(CC=C)c3c(C)cccc3Cl)C23S[C@@H]1CC3C)c1ccc(OCC)cc1. The molecule has 0 radical (unpaired) electrons. The lowest BCUT2D eigenvalue weighted by Crippen LogP contribution is -2.59. The van der Waals surface area contributed by atoms with Crippen LogP contribution in [0.15, 0.2) is 67.8 Å². The molecule has 3 fully saturated rings. The van der Waals surface area contributed by atoms with Gasteiger partial charge in [0.25, 0.3) is 5.91 Å². The summed E-state index contributed by atoms with van der Waals surface area (Å²) in [4.78, 5) is 49.9. The first-order chi connectivity index (χ1) is 23.0. The standard InChI is InChI=1S/C38H48ClN3O5S/c1-8-18-40(26-14-16-28(17-15-26)47-10-3)35(44)31-30-21-25(7)38(48-30)32(31)36(45)42(27(22-43)20-23(4)5)34(38)37(46)41(19-9-2)33-24(6)12-11-13-29(33)39/h8-9,11-17,23,25,27,30-32,34,43H,1-2,10,18-22H2,3-7H3/t25?,27-,30-,31+,32+,34?,38?/m1/s1. The van der Waals surface area contributed by atoms with Crippen LogP contribution in [0.4, 0.5) is 11.4 Å². The van der Waals surface area contributed by atoms with Gasteiger partial charge in [0.05, 0.1) is 46.5 Å². The van der Waals surface area contributed by atoms with Crippen LogP contribution in [-0.2, 0) is 14.4 Å². The Kier molecular flexibility index (Phi) is 11.0. The van der Waals surface area contributed by atoms with E-state index in [9.17, 15) is 14.7 Å². The highest BCUT2D eigenvalue weighted by Gasteiger charge is 2.77. The molecule has 0 saturated carbocycles. The Morgan fingerprint density at radius 1 is 1.12 bits per heavy atom. The molecule has 7 atom stereocenters. The second kappa shape index (κ2) is 14.7. The van der Waals surface area contributed by atoms with Crippen molar-refractivity contribution in [2.45, 2.75) is 69.5 Å². The summed E-state index contributed by atoms with van der Waals surface area (Å²) in [5, 5.41) is 11.1. The van der Waals surface area contributed by atoms with Crippen LogP contribution in [0.1, 0.15) is 46.1 Å². The number of aliphatic hydroxyl groups excluding tert-OH is 1. The predicted octanol–water partition coefficient (Wildman–Crippen LogP) is 6.53. The molecule has 3 amide bonds. The molecule has 5 rings (SSSR count). The van der Waals surface area contributed by atoms with E-state index in [0.717, 1.165) is 5.56 Å². The van der Waals surface area contributed by atoms with Crippen LogP contribution in [-0.4, -0.2) is 76.1 Å². The number of ether oxygens (including phenoxy) is 1. The smallest absolute Gasteiger partial charge is 0.251 e. The fraction of sp³-hybridized carbons (Fsp3) is 0.500. The number of likely N-dealkylation sites (tertiary alicyclic amines) is 1. The summed E-state index contributed by atoms with van der Waals surface area (Å²) in [6.07, 6.45) is 4.55. The number of aryl methyl sites for hydroxylation is 1. The van der Waals surface area contributed by atoms with Gasteiger partial charge in [-0.3, -0.25) is 14.4 Å². The van der Waals surface area contributed by atoms with Gasteiger partial charge in [-0.2, -0.15) is 0 Å². The number of carbonyl (C=O) groups excluding carboxylic acids is 3. The first-order valence-electron chi connectivity index (χ1n) is 16.9. The Bertz CT molecular complexity index is 1530. The van der Waals surface area contributed by atoms with E-state index in [2.05, 4.69) is 20.1 Å². The Balaban J connectivity index is 1.63. The molecule has 2 bridgehead atoms. The second-order valence-electron chi connectivity index (χ2n) is 13.6. The molecule has 3 aliphatic rings. The molecule has 10 heteroatoms. The van der Waals surface area contributed by atoms with Crippen molar-refractivity contribution in [3.05, 3.63) is 78.4 Å². The van der Waals surface area contributed by atoms with Gasteiger partial charge in [-0.05, 0) is 74.4 Å². The minimum atomic E-state index is -0.914. The molecule has 1 spiro atoms. The zero-order chi connectivity index (χ0) is 34.9. The molecule has 3 heterocycles. The van der Waals surface area contributed by atoms with Crippen molar-refractivity contribution in [1.29, 1.82) is 0 Å². The molecule has 2 aromatic carbocycles. The van der Waals surface area contributed by atoms with Crippen LogP contribution in [0, 0.1) is 30.6 Å². The number of amides is 3. The fourth-order valence-corrected chi connectivity index (χ4v) is 11.0. The average molecular weight is 694 g/mol. The average Bonchev–Trinajstić information content (AvgIpc) is 3.65. The van der Waals surface area contributed by atoms with E-state index >= 15 is 4.79 Å². The molecular weight excluding hydrogens is 646 g/mol. The molecular formula is C38H48ClN3O5S. The number of rotatable bonds is 14. The molecule has 0 aromatic heterocycles. The van der Waals surface area contributed by atoms with Crippen molar-refractivity contribution in [3.63, 3.8) is 0 Å². The largest absolute Gasteiger partial charge is 0.494 e. The number of nitrogens with zero attached hydrogens (tertiary/aromatic N) is 3. The van der Waals surface area contributed by atoms with Gasteiger partial charge in [0, 0.05) is 24.0 Å². The van der Waals surface area contributed by atoms with Gasteiger partial charge < -0.3 is 24.5 Å². The Morgan fingerprint density at radius 2 is 1.79 bits per heavy atom. The third-order valence-corrected chi connectivity index (χ3v) is 12.5. The summed E-state index contributed by atoms with van der Waals surface area (Å²) in [7, 11) is 0. The lowest BCUT2D eigenvalue weighted by Gasteiger charge is -2.42. The monoisotopic (exact) mass is 693 g/mol. The van der Waals surface area contributed by atoms with Crippen molar-refractivity contribution in [2.24, 2.45) is 23.7 Å². The lowest BCUT2D eigenvalue weighted by molar-refractivity contribution is -0.142. The summed E-state index contributed by atoms with van der Waals surface area (Å²) in [5.41, 5.74) is 2.09. The number of halogens is 1. The van der Waals surface area contributed by atoms with Crippen LogP contribution in [0.5, 0.6) is 5.75 Å². The molecule has 0 aliphatic carbocycles. The van der Waals surface area contributed by atoms with E-state index in [0.29, 0.717) is 41.6 Å². The number of carbonyl (C=O) groups is 3. The van der Waals surface area contributed by atoms with Crippen LogP contribution >= 0.6 is 23.4 Å². The quantitative estimate of drug-likeness (QED) is 0.227. The van der Waals surface area contributed by atoms with Crippen LogP contribution < -0.4 is 14.5 Å². The first kappa shape index (κ1) is 36.0. The number of para-hydroxylation sites is 1. The Hall–Kier alpha value is -3.27. The normalized spacial score (nSPS) is 26.4. The van der Waals surface area contributed by atoms with Crippen LogP contribution in [0.3, 0.4) is 0 Å². The van der Waals surface area contributed by atoms with Gasteiger partial charge in [-0.1, -0.05) is 56.7 Å². The Morgan fingerprint density at radius 3 is 2.38 bits per heavy atom. The third kappa shape index (κ3) is 6.07. The van der Waals surface area contributed by atoms with E-state index in [4.69, 9.17) is 16.3 Å². The highest BCUT2D eigenvalue weighted by Crippen LogP contribution is 2.69. The van der Waals surface area contributed by atoms with Gasteiger partial charge in [0.1, 0.15) is 11.8 Å². The van der Waals surface area contributed by atoms with Gasteiger partial charge >= 0.3 is 0 Å². The third-order valence-electron chi connectivity index (χ3n) is 10.1. The van der Waals surface area contributed by atoms with E-state index in [1.807, 2.05) is 64.1 Å². The maximum atomic E-state index is 15.2. The summed E-state index contributed by atoms with van der Waals surface area (Å²) in [5.74, 6) is -1.26. The topological polar surface area (TPSA) is 90.4 Å². The molecule has 3 aliphatic heterocycles. The minimum Gasteiger partial charge on any atom is -0.494 e. The van der Waals surface area contributed by atoms with E-state index in [1.165, 1.54) is 0 Å². The fourth-order valence-electron chi connectivity index (χ4n) is 8.29. The lowest BCUT2D eigenvalue weighted by atomic mass is 9.65. The summed E-state index contributed by atoms with van der Waals surface area (Å²) in [6.45, 7) is 18.5. The molecule has 48 heavy (non-hydrogen) atoms. The van der Waals surface area contributed by atoms with Crippen molar-refractivity contribution in [1.82, 2.24) is 4.90 Å². The van der Waals surface area contributed by atoms with Crippen molar-refractivity contribution in [2.75, 3.05) is 36.1 Å². The second-order valence-corrected chi connectivity index (χ2v) is 15.5. The number of hydrogen-bond acceptors (Lipinski definition) is 6. The van der Waals surface area contributed by atoms with Crippen molar-refractivity contribution in [3.8, 4) is 5.75 Å². The summed E-state index contributed by atoms with van der Waals surface area (Å²) >= 11 is 8.37. The minimum absolute atomic E-state index is 0.0425. The predicted molar refractivity (Wildman–Crippen MR) is 195 cm³/mol. The van der Waals surface area contributed by atoms with E-state index < -0.39 is 28.7 Å². The summed E-state index contributed by atoms with van der Waals surface area (Å²) in [6, 6.07) is 11.4. The summed E-state index contributed by atoms with van der Waals surface area (Å²) < 4.78 is 4.75. The number of thioether (sulfide) groups is 1. The number of anilines is 2. The van der Waals surface area contributed by atoms with Crippen molar-refractivity contribution < 1.29 is 24.2 Å². The maximum absolute atomic E-state index is 15.2. The zero-order valence-electron chi connectivity index (χ0n) is 28.6.